The Kier molecular flexibility index (Phi) is 9.34. The highest BCUT2D eigenvalue weighted by molar-refractivity contribution is 5.79. The van der Waals surface area contributed by atoms with Crippen molar-refractivity contribution in [3.05, 3.63) is 17.7 Å². The topological polar surface area (TPSA) is 76.6 Å². The second-order valence-corrected chi connectivity index (χ2v) is 7.29. The smallest absolute Gasteiger partial charge is 0.191 e. The zero-order valence-corrected chi connectivity index (χ0v) is 18.6. The van der Waals surface area contributed by atoms with Crippen LogP contribution in [0.5, 0.6) is 17.2 Å². The Morgan fingerprint density at radius 1 is 1.03 bits per heavy atom. The molecule has 2 rings (SSSR count). The van der Waals surface area contributed by atoms with Crippen molar-refractivity contribution in [2.24, 2.45) is 10.9 Å². The number of methoxy groups -OCH3 is 3. The number of morpholine rings is 1. The Morgan fingerprint density at radius 2 is 1.66 bits per heavy atom. The van der Waals surface area contributed by atoms with E-state index in [9.17, 15) is 0 Å². The average molecular weight is 409 g/mol. The predicted molar refractivity (Wildman–Crippen MR) is 115 cm³/mol. The summed E-state index contributed by atoms with van der Waals surface area (Å²) in [4.78, 5) is 6.86. The van der Waals surface area contributed by atoms with E-state index in [-0.39, 0.29) is 0 Å². The Morgan fingerprint density at radius 3 is 2.21 bits per heavy atom. The Hall–Kier alpha value is -2.19. The first-order valence-electron chi connectivity index (χ1n) is 10.1. The van der Waals surface area contributed by atoms with Crippen LogP contribution in [0.25, 0.3) is 0 Å². The molecule has 0 saturated carbocycles. The lowest BCUT2D eigenvalue weighted by Crippen LogP contribution is -2.52. The van der Waals surface area contributed by atoms with E-state index in [1.165, 1.54) is 0 Å². The molecule has 8 heteroatoms. The maximum atomic E-state index is 5.51. The van der Waals surface area contributed by atoms with Crippen molar-refractivity contribution in [1.82, 2.24) is 15.5 Å². The number of guanidine groups is 1. The van der Waals surface area contributed by atoms with E-state index in [4.69, 9.17) is 18.9 Å². The van der Waals surface area contributed by atoms with Crippen molar-refractivity contribution in [1.29, 1.82) is 0 Å². The van der Waals surface area contributed by atoms with Crippen LogP contribution in [-0.2, 0) is 11.3 Å². The first-order valence-corrected chi connectivity index (χ1v) is 10.1. The molecule has 1 unspecified atom stereocenters. The van der Waals surface area contributed by atoms with Gasteiger partial charge in [0.1, 0.15) is 5.75 Å². The molecule has 1 saturated heterocycles. The second-order valence-electron chi connectivity index (χ2n) is 7.29. The summed E-state index contributed by atoms with van der Waals surface area (Å²) in [7, 11) is 6.66. The highest BCUT2D eigenvalue weighted by Crippen LogP contribution is 2.34. The third kappa shape index (κ3) is 6.40. The summed E-state index contributed by atoms with van der Waals surface area (Å²) in [6.07, 6.45) is 0. The molecule has 0 aliphatic carbocycles. The molecule has 1 heterocycles. The van der Waals surface area contributed by atoms with Gasteiger partial charge in [0.2, 0.25) is 0 Å². The fourth-order valence-corrected chi connectivity index (χ4v) is 3.53. The quantitative estimate of drug-likeness (QED) is 0.476. The molecule has 8 nitrogen and oxygen atoms in total. The number of aliphatic imine (C=N–C) groups is 1. The maximum Gasteiger partial charge on any atom is 0.191 e. The standard InChI is InChI=1S/C21H36N4O4/c1-15(2)17(25-7-9-29-10-8-25)14-24-21(22-3)23-13-16-11-19(27-5)20(28-6)12-18(16)26-4/h11-12,15,17H,7-10,13-14H2,1-6H3,(H2,22,23,24). The molecule has 1 aliphatic heterocycles. The van der Waals surface area contributed by atoms with Crippen LogP contribution in [0.1, 0.15) is 19.4 Å². The molecular formula is C21H36N4O4. The summed E-state index contributed by atoms with van der Waals surface area (Å²) in [5, 5.41) is 6.83. The van der Waals surface area contributed by atoms with Crippen LogP contribution in [0, 0.1) is 5.92 Å². The number of benzene rings is 1. The minimum absolute atomic E-state index is 0.424. The molecule has 2 N–H and O–H groups in total. The van der Waals surface area contributed by atoms with Crippen LogP contribution in [0.4, 0.5) is 0 Å². The Balaban J connectivity index is 1.99. The zero-order chi connectivity index (χ0) is 21.2. The molecule has 1 fully saturated rings. The van der Waals surface area contributed by atoms with Crippen LogP contribution in [-0.4, -0.2) is 78.1 Å². The van der Waals surface area contributed by atoms with Crippen molar-refractivity contribution in [2.45, 2.75) is 26.4 Å². The highest BCUT2D eigenvalue weighted by Gasteiger charge is 2.24. The van der Waals surface area contributed by atoms with Gasteiger partial charge in [0.25, 0.3) is 0 Å². The molecule has 1 aromatic carbocycles. The van der Waals surface area contributed by atoms with Crippen molar-refractivity contribution in [2.75, 3.05) is 61.2 Å². The van der Waals surface area contributed by atoms with E-state index in [2.05, 4.69) is 34.4 Å². The molecule has 0 amide bonds. The van der Waals surface area contributed by atoms with Crippen LogP contribution >= 0.6 is 0 Å². The molecule has 1 aromatic rings. The van der Waals surface area contributed by atoms with Crippen LogP contribution < -0.4 is 24.8 Å². The summed E-state index contributed by atoms with van der Waals surface area (Å²) in [5.74, 6) is 3.32. The van der Waals surface area contributed by atoms with Gasteiger partial charge in [-0.05, 0) is 12.0 Å². The molecule has 1 aliphatic rings. The van der Waals surface area contributed by atoms with Gasteiger partial charge in [0.05, 0.1) is 34.5 Å². The normalized spacial score (nSPS) is 16.4. The van der Waals surface area contributed by atoms with Crippen LogP contribution in [0.3, 0.4) is 0 Å². The summed E-state index contributed by atoms with van der Waals surface area (Å²) in [6.45, 7) is 9.43. The predicted octanol–water partition coefficient (Wildman–Crippen LogP) is 1.73. The molecule has 0 bridgehead atoms. The van der Waals surface area contributed by atoms with E-state index in [0.29, 0.717) is 30.0 Å². The molecule has 0 radical (unpaired) electrons. The van der Waals surface area contributed by atoms with Gasteiger partial charge >= 0.3 is 0 Å². The summed E-state index contributed by atoms with van der Waals surface area (Å²) >= 11 is 0. The van der Waals surface area contributed by atoms with Gasteiger partial charge in [0, 0.05) is 50.9 Å². The Labute approximate surface area is 174 Å². The lowest BCUT2D eigenvalue weighted by Gasteiger charge is -2.37. The molecular weight excluding hydrogens is 372 g/mol. The van der Waals surface area contributed by atoms with Crippen LogP contribution in [0.15, 0.2) is 17.1 Å². The zero-order valence-electron chi connectivity index (χ0n) is 18.6. The molecule has 164 valence electrons. The summed E-state index contributed by atoms with van der Waals surface area (Å²) in [6, 6.07) is 4.18. The summed E-state index contributed by atoms with van der Waals surface area (Å²) in [5.41, 5.74) is 0.960. The van der Waals surface area contributed by atoms with Gasteiger partial charge in [-0.1, -0.05) is 13.8 Å². The van der Waals surface area contributed by atoms with E-state index in [1.807, 2.05) is 12.1 Å². The highest BCUT2D eigenvalue weighted by atomic mass is 16.5. The van der Waals surface area contributed by atoms with E-state index in [1.54, 1.807) is 28.4 Å². The molecule has 0 spiro atoms. The first kappa shape index (κ1) is 23.1. The van der Waals surface area contributed by atoms with Crippen LogP contribution in [0.2, 0.25) is 0 Å². The first-order chi connectivity index (χ1) is 14.0. The lowest BCUT2D eigenvalue weighted by molar-refractivity contribution is 0.00752. The van der Waals surface area contributed by atoms with E-state index in [0.717, 1.165) is 50.1 Å². The molecule has 29 heavy (non-hydrogen) atoms. The van der Waals surface area contributed by atoms with Gasteiger partial charge in [-0.15, -0.1) is 0 Å². The number of hydrogen-bond acceptors (Lipinski definition) is 6. The lowest BCUT2D eigenvalue weighted by atomic mass is 10.0. The number of rotatable bonds is 9. The Bertz CT molecular complexity index is 660. The second kappa shape index (κ2) is 11.7. The largest absolute Gasteiger partial charge is 0.496 e. The maximum absolute atomic E-state index is 5.51. The van der Waals surface area contributed by atoms with Crippen molar-refractivity contribution in [3.8, 4) is 17.2 Å². The van der Waals surface area contributed by atoms with Crippen molar-refractivity contribution in [3.63, 3.8) is 0 Å². The van der Waals surface area contributed by atoms with Gasteiger partial charge in [-0.25, -0.2) is 0 Å². The number of nitrogens with one attached hydrogen (secondary N) is 2. The fourth-order valence-electron chi connectivity index (χ4n) is 3.53. The van der Waals surface area contributed by atoms with Gasteiger partial charge in [0.15, 0.2) is 17.5 Å². The van der Waals surface area contributed by atoms with Crippen molar-refractivity contribution < 1.29 is 18.9 Å². The monoisotopic (exact) mass is 408 g/mol. The number of hydrogen-bond donors (Lipinski definition) is 2. The van der Waals surface area contributed by atoms with Gasteiger partial charge in [-0.3, -0.25) is 9.89 Å². The van der Waals surface area contributed by atoms with E-state index >= 15 is 0 Å². The minimum Gasteiger partial charge on any atom is -0.496 e. The third-order valence-electron chi connectivity index (χ3n) is 5.22. The molecule has 0 aromatic heterocycles. The minimum atomic E-state index is 0.424. The van der Waals surface area contributed by atoms with Gasteiger partial charge in [-0.2, -0.15) is 0 Å². The van der Waals surface area contributed by atoms with E-state index < -0.39 is 0 Å². The third-order valence-corrected chi connectivity index (χ3v) is 5.22. The molecule has 1 atom stereocenters. The fraction of sp³-hybridized carbons (Fsp3) is 0.667. The average Bonchev–Trinajstić information content (AvgIpc) is 2.75. The van der Waals surface area contributed by atoms with Gasteiger partial charge < -0.3 is 29.6 Å². The number of nitrogens with zero attached hydrogens (tertiary/aromatic N) is 2. The SMILES string of the molecule is CN=C(NCc1cc(OC)c(OC)cc1OC)NCC(C(C)C)N1CCOCC1. The number of ether oxygens (including phenoxy) is 4. The summed E-state index contributed by atoms with van der Waals surface area (Å²) < 4.78 is 21.8. The van der Waals surface area contributed by atoms with Crippen molar-refractivity contribution >= 4 is 5.96 Å².